The van der Waals surface area contributed by atoms with Crippen molar-refractivity contribution in [1.29, 1.82) is 0 Å². The summed E-state index contributed by atoms with van der Waals surface area (Å²) in [6, 6.07) is 7.01. The maximum atomic E-state index is 11.9. The first-order chi connectivity index (χ1) is 9.19. The molecule has 1 rings (SSSR count). The molecule has 0 saturated carbocycles. The summed E-state index contributed by atoms with van der Waals surface area (Å²) in [5.74, 6) is 0.202. The smallest absolute Gasteiger partial charge is 0.178 e. The highest BCUT2D eigenvalue weighted by Gasteiger charge is 2.20. The van der Waals surface area contributed by atoms with E-state index >= 15 is 0 Å². The third kappa shape index (κ3) is 4.49. The third-order valence-electron chi connectivity index (χ3n) is 3.62. The van der Waals surface area contributed by atoms with E-state index in [4.69, 9.17) is 0 Å². The number of likely N-dealkylation sites (N-methyl/N-ethyl adjacent to an activating group) is 1. The SMILES string of the molecule is CCCS(=O)(=O)c1ccc(NCC(C)(C)N(C)C)cc1. The summed E-state index contributed by atoms with van der Waals surface area (Å²) in [4.78, 5) is 2.55. The van der Waals surface area contributed by atoms with Gasteiger partial charge in [-0.25, -0.2) is 8.42 Å². The van der Waals surface area contributed by atoms with Crippen molar-refractivity contribution in [2.45, 2.75) is 37.6 Å². The van der Waals surface area contributed by atoms with Crippen LogP contribution >= 0.6 is 0 Å². The average Bonchev–Trinajstić information content (AvgIpc) is 2.37. The lowest BCUT2D eigenvalue weighted by Gasteiger charge is -2.33. The number of nitrogens with one attached hydrogen (secondary N) is 1. The lowest BCUT2D eigenvalue weighted by Crippen LogP contribution is -2.44. The number of hydrogen-bond donors (Lipinski definition) is 1. The van der Waals surface area contributed by atoms with Crippen LogP contribution in [0.4, 0.5) is 5.69 Å². The van der Waals surface area contributed by atoms with Gasteiger partial charge in [0.05, 0.1) is 10.6 Å². The number of anilines is 1. The summed E-state index contributed by atoms with van der Waals surface area (Å²) in [6.45, 7) is 6.97. The fourth-order valence-electron chi connectivity index (χ4n) is 1.64. The zero-order valence-corrected chi connectivity index (χ0v) is 13.9. The van der Waals surface area contributed by atoms with Crippen LogP contribution < -0.4 is 5.32 Å². The molecule has 0 aromatic heterocycles. The highest BCUT2D eigenvalue weighted by molar-refractivity contribution is 7.91. The fourth-order valence-corrected chi connectivity index (χ4v) is 2.97. The molecule has 0 fully saturated rings. The first kappa shape index (κ1) is 17.0. The second kappa shape index (κ2) is 6.59. The summed E-state index contributed by atoms with van der Waals surface area (Å²) >= 11 is 0. The summed E-state index contributed by atoms with van der Waals surface area (Å²) in [5.41, 5.74) is 0.975. The third-order valence-corrected chi connectivity index (χ3v) is 5.56. The minimum absolute atomic E-state index is 0.0347. The molecule has 0 aliphatic carbocycles. The van der Waals surface area contributed by atoms with Crippen molar-refractivity contribution >= 4 is 15.5 Å². The predicted octanol–water partition coefficient (Wildman–Crippen LogP) is 2.62. The van der Waals surface area contributed by atoms with Crippen LogP contribution in [0.5, 0.6) is 0 Å². The maximum Gasteiger partial charge on any atom is 0.178 e. The van der Waals surface area contributed by atoms with E-state index in [0.29, 0.717) is 11.3 Å². The Morgan fingerprint density at radius 3 is 2.15 bits per heavy atom. The van der Waals surface area contributed by atoms with Crippen LogP contribution in [0.25, 0.3) is 0 Å². The van der Waals surface area contributed by atoms with Crippen molar-refractivity contribution in [1.82, 2.24) is 4.90 Å². The molecule has 0 unspecified atom stereocenters. The van der Waals surface area contributed by atoms with Crippen molar-refractivity contribution in [2.75, 3.05) is 31.7 Å². The Hall–Kier alpha value is -1.07. The van der Waals surface area contributed by atoms with Crippen LogP contribution in [0.2, 0.25) is 0 Å². The van der Waals surface area contributed by atoms with Gasteiger partial charge >= 0.3 is 0 Å². The van der Waals surface area contributed by atoms with Gasteiger partial charge in [-0.15, -0.1) is 0 Å². The first-order valence-electron chi connectivity index (χ1n) is 6.93. The Morgan fingerprint density at radius 2 is 1.70 bits per heavy atom. The second-order valence-corrected chi connectivity index (χ2v) is 8.01. The molecule has 1 aromatic carbocycles. The number of nitrogens with zero attached hydrogens (tertiary/aromatic N) is 1. The van der Waals surface area contributed by atoms with Crippen LogP contribution in [0.15, 0.2) is 29.2 Å². The Bertz CT molecular complexity index is 519. The molecular formula is C15H26N2O2S. The van der Waals surface area contributed by atoms with Gasteiger partial charge in [0.1, 0.15) is 0 Å². The average molecular weight is 298 g/mol. The Kier molecular flexibility index (Phi) is 5.59. The van der Waals surface area contributed by atoms with Crippen molar-refractivity contribution < 1.29 is 8.42 Å². The molecule has 0 heterocycles. The lowest BCUT2D eigenvalue weighted by molar-refractivity contribution is 0.210. The molecule has 0 bridgehead atoms. The largest absolute Gasteiger partial charge is 0.383 e. The van der Waals surface area contributed by atoms with E-state index in [1.807, 2.05) is 33.2 Å². The molecule has 0 spiro atoms. The summed E-state index contributed by atoms with van der Waals surface area (Å²) in [7, 11) is 0.968. The minimum atomic E-state index is -3.12. The molecule has 20 heavy (non-hydrogen) atoms. The van der Waals surface area contributed by atoms with Gasteiger partial charge in [-0.05, 0) is 58.6 Å². The number of benzene rings is 1. The van der Waals surface area contributed by atoms with Gasteiger partial charge < -0.3 is 10.2 Å². The van der Waals surface area contributed by atoms with E-state index in [-0.39, 0.29) is 11.3 Å². The maximum absolute atomic E-state index is 11.9. The van der Waals surface area contributed by atoms with E-state index in [1.165, 1.54) is 0 Å². The van der Waals surface area contributed by atoms with Gasteiger partial charge in [-0.3, -0.25) is 0 Å². The monoisotopic (exact) mass is 298 g/mol. The van der Waals surface area contributed by atoms with Crippen molar-refractivity contribution in [3.05, 3.63) is 24.3 Å². The first-order valence-corrected chi connectivity index (χ1v) is 8.58. The molecule has 1 aromatic rings. The molecule has 114 valence electrons. The Labute approximate surface area is 123 Å². The fraction of sp³-hybridized carbons (Fsp3) is 0.600. The van der Waals surface area contributed by atoms with Gasteiger partial charge in [0.15, 0.2) is 9.84 Å². The molecule has 0 radical (unpaired) electrons. The molecule has 0 atom stereocenters. The molecule has 0 saturated heterocycles. The Balaban J connectivity index is 2.73. The minimum Gasteiger partial charge on any atom is -0.383 e. The quantitative estimate of drug-likeness (QED) is 0.840. The van der Waals surface area contributed by atoms with Crippen LogP contribution in [-0.4, -0.2) is 45.2 Å². The number of rotatable bonds is 7. The second-order valence-electron chi connectivity index (χ2n) is 5.90. The molecule has 5 heteroatoms. The van der Waals surface area contributed by atoms with E-state index < -0.39 is 9.84 Å². The van der Waals surface area contributed by atoms with Crippen molar-refractivity contribution in [2.24, 2.45) is 0 Å². The van der Waals surface area contributed by atoms with Gasteiger partial charge in [-0.1, -0.05) is 6.92 Å². The molecule has 0 aliphatic rings. The van der Waals surface area contributed by atoms with E-state index in [2.05, 4.69) is 24.1 Å². The number of hydrogen-bond acceptors (Lipinski definition) is 4. The van der Waals surface area contributed by atoms with Gasteiger partial charge in [0.25, 0.3) is 0 Å². The highest BCUT2D eigenvalue weighted by Crippen LogP contribution is 2.17. The van der Waals surface area contributed by atoms with Gasteiger partial charge in [0, 0.05) is 17.8 Å². The topological polar surface area (TPSA) is 49.4 Å². The molecule has 0 aliphatic heterocycles. The summed E-state index contributed by atoms with van der Waals surface area (Å²) < 4.78 is 23.8. The molecule has 4 nitrogen and oxygen atoms in total. The van der Waals surface area contributed by atoms with Gasteiger partial charge in [0.2, 0.25) is 0 Å². The zero-order chi connectivity index (χ0) is 15.4. The van der Waals surface area contributed by atoms with Crippen LogP contribution in [0, 0.1) is 0 Å². The van der Waals surface area contributed by atoms with Gasteiger partial charge in [-0.2, -0.15) is 0 Å². The van der Waals surface area contributed by atoms with E-state index in [9.17, 15) is 8.42 Å². The molecule has 0 amide bonds. The standard InChI is InChI=1S/C15H26N2O2S/c1-6-11-20(18,19)14-9-7-13(8-10-14)16-12-15(2,3)17(4)5/h7-10,16H,6,11-12H2,1-5H3. The van der Waals surface area contributed by atoms with E-state index in [0.717, 1.165) is 12.2 Å². The summed E-state index contributed by atoms with van der Waals surface area (Å²) in [5, 5.41) is 3.34. The van der Waals surface area contributed by atoms with Crippen molar-refractivity contribution in [3.8, 4) is 0 Å². The Morgan fingerprint density at radius 1 is 1.15 bits per heavy atom. The highest BCUT2D eigenvalue weighted by atomic mass is 32.2. The summed E-state index contributed by atoms with van der Waals surface area (Å²) in [6.07, 6.45) is 0.638. The number of sulfone groups is 1. The van der Waals surface area contributed by atoms with Crippen LogP contribution in [0.1, 0.15) is 27.2 Å². The van der Waals surface area contributed by atoms with Crippen LogP contribution in [-0.2, 0) is 9.84 Å². The van der Waals surface area contributed by atoms with Crippen molar-refractivity contribution in [3.63, 3.8) is 0 Å². The normalized spacial score (nSPS) is 12.7. The van der Waals surface area contributed by atoms with Crippen LogP contribution in [0.3, 0.4) is 0 Å². The predicted molar refractivity (Wildman–Crippen MR) is 85.0 cm³/mol. The molecular weight excluding hydrogens is 272 g/mol. The zero-order valence-electron chi connectivity index (χ0n) is 13.1. The van der Waals surface area contributed by atoms with E-state index in [1.54, 1.807) is 12.1 Å². The lowest BCUT2D eigenvalue weighted by atomic mass is 10.0. The molecule has 1 N–H and O–H groups in total.